The Hall–Kier alpha value is -2.64. The molecule has 2 aliphatic rings. The van der Waals surface area contributed by atoms with E-state index in [2.05, 4.69) is 0 Å². The maximum Gasteiger partial charge on any atom is 0.273 e. The first-order chi connectivity index (χ1) is 12.1. The number of carbonyl (C=O) groups excluding carboxylic acids is 2. The van der Waals surface area contributed by atoms with Crippen molar-refractivity contribution in [2.24, 2.45) is 0 Å². The molecule has 0 saturated carbocycles. The van der Waals surface area contributed by atoms with Crippen molar-refractivity contribution in [3.63, 3.8) is 0 Å². The fourth-order valence-electron chi connectivity index (χ4n) is 2.51. The summed E-state index contributed by atoms with van der Waals surface area (Å²) in [5.74, 6) is 0.465. The van der Waals surface area contributed by atoms with Crippen molar-refractivity contribution >= 4 is 46.2 Å². The van der Waals surface area contributed by atoms with E-state index in [9.17, 15) is 9.59 Å². The molecule has 0 bridgehead atoms. The largest absolute Gasteiger partial charge is 0.454 e. The van der Waals surface area contributed by atoms with Crippen LogP contribution in [0.15, 0.2) is 53.4 Å². The van der Waals surface area contributed by atoms with Gasteiger partial charge in [-0.25, -0.2) is 4.90 Å². The molecule has 2 aromatic rings. The van der Waals surface area contributed by atoms with Crippen LogP contribution in [0.4, 0.5) is 0 Å². The van der Waals surface area contributed by atoms with Gasteiger partial charge >= 0.3 is 0 Å². The molecule has 0 atom stereocenters. The van der Waals surface area contributed by atoms with Gasteiger partial charge in [-0.05, 0) is 35.9 Å². The number of thiocarbonyl (C=S) groups is 1. The number of hydrogen-bond donors (Lipinski definition) is 0. The molecule has 2 aromatic carbocycles. The number of imide groups is 1. The Balaban J connectivity index is 1.62. The van der Waals surface area contributed by atoms with Crippen LogP contribution in [0.1, 0.15) is 15.9 Å². The second-order valence-electron chi connectivity index (χ2n) is 5.30. The van der Waals surface area contributed by atoms with Crippen LogP contribution in [0.2, 0.25) is 0 Å². The van der Waals surface area contributed by atoms with E-state index in [1.54, 1.807) is 48.5 Å². The minimum Gasteiger partial charge on any atom is -0.454 e. The second kappa shape index (κ2) is 6.34. The Bertz CT molecular complexity index is 924. The molecule has 1 saturated heterocycles. The van der Waals surface area contributed by atoms with E-state index in [4.69, 9.17) is 21.7 Å². The lowest BCUT2D eigenvalue weighted by atomic mass is 10.1. The third-order valence-corrected chi connectivity index (χ3v) is 5.01. The maximum atomic E-state index is 12.6. The lowest BCUT2D eigenvalue weighted by Crippen LogP contribution is -2.34. The smallest absolute Gasteiger partial charge is 0.273 e. The molecule has 0 radical (unpaired) electrons. The van der Waals surface area contributed by atoms with E-state index in [-0.39, 0.29) is 11.1 Å². The standard InChI is InChI=1S/C18H11NO4S2/c20-16(12-4-2-1-3-5-12)19-17(21)15(25-18(19)24)9-11-6-7-13-14(8-11)23-10-22-13/h1-9H,10H2/b15-9+. The fourth-order valence-corrected chi connectivity index (χ4v) is 3.76. The Morgan fingerprint density at radius 1 is 1.12 bits per heavy atom. The van der Waals surface area contributed by atoms with Gasteiger partial charge in [-0.2, -0.15) is 0 Å². The average Bonchev–Trinajstić information content (AvgIpc) is 3.19. The van der Waals surface area contributed by atoms with Crippen LogP contribution in [-0.4, -0.2) is 27.8 Å². The second-order valence-corrected chi connectivity index (χ2v) is 6.98. The zero-order chi connectivity index (χ0) is 17.4. The maximum absolute atomic E-state index is 12.6. The number of benzene rings is 2. The molecular formula is C18H11NO4S2. The molecule has 1 fully saturated rings. The lowest BCUT2D eigenvalue weighted by Gasteiger charge is -2.12. The third-order valence-electron chi connectivity index (χ3n) is 3.71. The van der Waals surface area contributed by atoms with Crippen molar-refractivity contribution in [3.05, 3.63) is 64.6 Å². The van der Waals surface area contributed by atoms with Crippen LogP contribution in [0.5, 0.6) is 11.5 Å². The number of amides is 2. The number of carbonyl (C=O) groups is 2. The molecule has 7 heteroatoms. The van der Waals surface area contributed by atoms with Gasteiger partial charge in [-0.15, -0.1) is 0 Å². The van der Waals surface area contributed by atoms with E-state index in [1.165, 1.54) is 0 Å². The fraction of sp³-hybridized carbons (Fsp3) is 0.0556. The number of rotatable bonds is 2. The molecule has 2 heterocycles. The van der Waals surface area contributed by atoms with Gasteiger partial charge in [0, 0.05) is 5.56 Å². The first kappa shape index (κ1) is 15.9. The molecule has 0 aliphatic carbocycles. The summed E-state index contributed by atoms with van der Waals surface area (Å²) in [6.07, 6.45) is 1.69. The number of hydrogen-bond acceptors (Lipinski definition) is 6. The van der Waals surface area contributed by atoms with Crippen molar-refractivity contribution in [2.45, 2.75) is 0 Å². The van der Waals surface area contributed by atoms with Crippen molar-refractivity contribution in [2.75, 3.05) is 6.79 Å². The van der Waals surface area contributed by atoms with Crippen LogP contribution < -0.4 is 9.47 Å². The molecule has 2 amide bonds. The Morgan fingerprint density at radius 2 is 1.88 bits per heavy atom. The predicted octanol–water partition coefficient (Wildman–Crippen LogP) is 3.46. The summed E-state index contributed by atoms with van der Waals surface area (Å²) in [7, 11) is 0. The monoisotopic (exact) mass is 369 g/mol. The summed E-state index contributed by atoms with van der Waals surface area (Å²) < 4.78 is 10.8. The molecule has 2 aliphatic heterocycles. The molecule has 0 N–H and O–H groups in total. The first-order valence-corrected chi connectivity index (χ1v) is 8.63. The summed E-state index contributed by atoms with van der Waals surface area (Å²) in [6.45, 7) is 0.187. The number of nitrogens with zero attached hydrogens (tertiary/aromatic N) is 1. The molecule has 4 rings (SSSR count). The Labute approximate surface area is 153 Å². The predicted molar refractivity (Wildman–Crippen MR) is 98.3 cm³/mol. The summed E-state index contributed by atoms with van der Waals surface area (Å²) in [5, 5.41) is 0. The van der Waals surface area contributed by atoms with Crippen LogP contribution >= 0.6 is 24.0 Å². The van der Waals surface area contributed by atoms with Crippen molar-refractivity contribution < 1.29 is 19.1 Å². The number of fused-ring (bicyclic) bond motifs is 1. The van der Waals surface area contributed by atoms with Gasteiger partial charge < -0.3 is 9.47 Å². The first-order valence-electron chi connectivity index (χ1n) is 7.40. The van der Waals surface area contributed by atoms with Gasteiger partial charge in [-0.1, -0.05) is 48.2 Å². The SMILES string of the molecule is O=C1/C(=C\c2ccc3c(c2)OCO3)SC(=S)N1C(=O)c1ccccc1. The highest BCUT2D eigenvalue weighted by molar-refractivity contribution is 8.26. The Morgan fingerprint density at radius 3 is 2.68 bits per heavy atom. The zero-order valence-corrected chi connectivity index (χ0v) is 14.4. The van der Waals surface area contributed by atoms with Gasteiger partial charge in [0.1, 0.15) is 0 Å². The van der Waals surface area contributed by atoms with E-state index < -0.39 is 11.8 Å². The van der Waals surface area contributed by atoms with Crippen LogP contribution in [0.25, 0.3) is 6.08 Å². The quantitative estimate of drug-likeness (QED) is 0.459. The highest BCUT2D eigenvalue weighted by Crippen LogP contribution is 2.36. The van der Waals surface area contributed by atoms with Crippen LogP contribution in [-0.2, 0) is 4.79 Å². The highest BCUT2D eigenvalue weighted by atomic mass is 32.2. The number of thioether (sulfide) groups is 1. The Kier molecular flexibility index (Phi) is 4.03. The van der Waals surface area contributed by atoms with Crippen LogP contribution in [0, 0.1) is 0 Å². The van der Waals surface area contributed by atoms with Crippen molar-refractivity contribution in [1.82, 2.24) is 4.90 Å². The third kappa shape index (κ3) is 2.92. The normalized spacial score (nSPS) is 17.4. The molecule has 0 spiro atoms. The molecular weight excluding hydrogens is 358 g/mol. The summed E-state index contributed by atoms with van der Waals surface area (Å²) in [6, 6.07) is 14.0. The van der Waals surface area contributed by atoms with E-state index in [1.807, 2.05) is 6.07 Å². The molecule has 124 valence electrons. The molecule has 0 aromatic heterocycles. The molecule has 0 unspecified atom stereocenters. The van der Waals surface area contributed by atoms with Crippen molar-refractivity contribution in [1.29, 1.82) is 0 Å². The lowest BCUT2D eigenvalue weighted by molar-refractivity contribution is -0.120. The summed E-state index contributed by atoms with van der Waals surface area (Å²) in [5.41, 5.74) is 1.19. The van der Waals surface area contributed by atoms with E-state index in [0.717, 1.165) is 22.2 Å². The summed E-state index contributed by atoms with van der Waals surface area (Å²) >= 11 is 6.34. The molecule has 25 heavy (non-hydrogen) atoms. The topological polar surface area (TPSA) is 55.8 Å². The van der Waals surface area contributed by atoms with Gasteiger partial charge in [0.15, 0.2) is 15.8 Å². The minimum absolute atomic E-state index is 0.187. The van der Waals surface area contributed by atoms with E-state index in [0.29, 0.717) is 22.0 Å². The van der Waals surface area contributed by atoms with E-state index >= 15 is 0 Å². The molecule has 5 nitrogen and oxygen atoms in total. The van der Waals surface area contributed by atoms with Gasteiger partial charge in [0.2, 0.25) is 6.79 Å². The zero-order valence-electron chi connectivity index (χ0n) is 12.8. The number of ether oxygens (including phenoxy) is 2. The van der Waals surface area contributed by atoms with Crippen LogP contribution in [0.3, 0.4) is 0 Å². The van der Waals surface area contributed by atoms with Gasteiger partial charge in [-0.3, -0.25) is 9.59 Å². The highest BCUT2D eigenvalue weighted by Gasteiger charge is 2.37. The van der Waals surface area contributed by atoms with Crippen molar-refractivity contribution in [3.8, 4) is 11.5 Å². The summed E-state index contributed by atoms with van der Waals surface area (Å²) in [4.78, 5) is 26.6. The van der Waals surface area contributed by atoms with Gasteiger partial charge in [0.25, 0.3) is 11.8 Å². The van der Waals surface area contributed by atoms with Gasteiger partial charge in [0.05, 0.1) is 4.91 Å². The minimum atomic E-state index is -0.419. The average molecular weight is 369 g/mol.